The zero-order valence-electron chi connectivity index (χ0n) is 10.1. The first-order chi connectivity index (χ1) is 8.15. The van der Waals surface area contributed by atoms with Gasteiger partial charge >= 0.3 is 0 Å². The fourth-order valence-electron chi connectivity index (χ4n) is 1.81. The van der Waals surface area contributed by atoms with Gasteiger partial charge in [-0.15, -0.1) is 0 Å². The lowest BCUT2D eigenvalue weighted by molar-refractivity contribution is -0.122. The van der Waals surface area contributed by atoms with Crippen molar-refractivity contribution in [2.45, 2.75) is 19.3 Å². The second kappa shape index (κ2) is 4.73. The minimum atomic E-state index is -0.448. The number of rotatable bonds is 3. The van der Waals surface area contributed by atoms with Gasteiger partial charge in [-0.05, 0) is 31.7 Å². The van der Waals surface area contributed by atoms with Crippen LogP contribution in [0.2, 0.25) is 0 Å². The Morgan fingerprint density at radius 1 is 1.53 bits per heavy atom. The van der Waals surface area contributed by atoms with Gasteiger partial charge in [0.1, 0.15) is 12.0 Å². The van der Waals surface area contributed by atoms with Gasteiger partial charge in [0.25, 0.3) is 5.91 Å². The standard InChI is InChI=1S/C12H16N2O3/c1-7-11(15)14-9-6-8(12(13-2)16-3)4-5-10(9)17-7/h4-7,12-13H,1-3H3,(H,14,15). The van der Waals surface area contributed by atoms with Crippen LogP contribution in [0.5, 0.6) is 5.75 Å². The highest BCUT2D eigenvalue weighted by Crippen LogP contribution is 2.32. The number of benzene rings is 1. The van der Waals surface area contributed by atoms with Crippen LogP contribution < -0.4 is 15.4 Å². The van der Waals surface area contributed by atoms with Crippen LogP contribution in [0.25, 0.3) is 0 Å². The van der Waals surface area contributed by atoms with E-state index in [1.54, 1.807) is 14.0 Å². The Morgan fingerprint density at radius 3 is 2.94 bits per heavy atom. The van der Waals surface area contributed by atoms with E-state index in [-0.39, 0.29) is 12.1 Å². The van der Waals surface area contributed by atoms with Gasteiger partial charge in [0, 0.05) is 7.11 Å². The quantitative estimate of drug-likeness (QED) is 0.776. The number of ether oxygens (including phenoxy) is 2. The molecule has 1 heterocycles. The van der Waals surface area contributed by atoms with Crippen molar-refractivity contribution < 1.29 is 14.3 Å². The number of fused-ring (bicyclic) bond motifs is 1. The topological polar surface area (TPSA) is 59.6 Å². The summed E-state index contributed by atoms with van der Waals surface area (Å²) in [6, 6.07) is 5.60. The van der Waals surface area contributed by atoms with Crippen LogP contribution in [-0.4, -0.2) is 26.2 Å². The Labute approximate surface area is 100 Å². The first kappa shape index (κ1) is 11.9. The van der Waals surface area contributed by atoms with E-state index in [0.29, 0.717) is 11.4 Å². The van der Waals surface area contributed by atoms with E-state index >= 15 is 0 Å². The molecule has 2 atom stereocenters. The molecule has 5 heteroatoms. The van der Waals surface area contributed by atoms with Crippen molar-refractivity contribution in [1.29, 1.82) is 0 Å². The highest BCUT2D eigenvalue weighted by molar-refractivity contribution is 5.97. The van der Waals surface area contributed by atoms with Crippen LogP contribution >= 0.6 is 0 Å². The molecule has 2 N–H and O–H groups in total. The number of carbonyl (C=O) groups is 1. The molecule has 0 aliphatic carbocycles. The first-order valence-corrected chi connectivity index (χ1v) is 5.47. The molecule has 1 amide bonds. The van der Waals surface area contributed by atoms with E-state index in [1.807, 2.05) is 25.2 Å². The second-order valence-corrected chi connectivity index (χ2v) is 3.91. The van der Waals surface area contributed by atoms with Crippen LogP contribution in [0.4, 0.5) is 5.69 Å². The molecule has 0 saturated heterocycles. The molecule has 0 aromatic heterocycles. The summed E-state index contributed by atoms with van der Waals surface area (Å²) in [5, 5.41) is 5.82. The van der Waals surface area contributed by atoms with Crippen molar-refractivity contribution in [3.63, 3.8) is 0 Å². The number of amides is 1. The number of carbonyl (C=O) groups excluding carboxylic acids is 1. The Balaban J connectivity index is 2.31. The number of nitrogens with one attached hydrogen (secondary N) is 2. The minimum absolute atomic E-state index is 0.131. The SMILES string of the molecule is CNC(OC)c1ccc2c(c1)NC(=O)C(C)O2. The van der Waals surface area contributed by atoms with E-state index in [0.717, 1.165) is 5.56 Å². The van der Waals surface area contributed by atoms with Gasteiger partial charge in [-0.2, -0.15) is 0 Å². The second-order valence-electron chi connectivity index (χ2n) is 3.91. The zero-order chi connectivity index (χ0) is 12.4. The van der Waals surface area contributed by atoms with Crippen LogP contribution in [0.3, 0.4) is 0 Å². The molecule has 0 bridgehead atoms. The van der Waals surface area contributed by atoms with Gasteiger partial charge < -0.3 is 14.8 Å². The first-order valence-electron chi connectivity index (χ1n) is 5.47. The van der Waals surface area contributed by atoms with E-state index < -0.39 is 6.10 Å². The van der Waals surface area contributed by atoms with Crippen LogP contribution in [0.1, 0.15) is 18.7 Å². The molecule has 1 aliphatic heterocycles. The average Bonchev–Trinajstić information content (AvgIpc) is 2.32. The summed E-state index contributed by atoms with van der Waals surface area (Å²) >= 11 is 0. The molecule has 1 aliphatic rings. The van der Waals surface area contributed by atoms with Crippen molar-refractivity contribution in [2.75, 3.05) is 19.5 Å². The molecule has 92 valence electrons. The van der Waals surface area contributed by atoms with Gasteiger partial charge in [0.15, 0.2) is 6.10 Å². The van der Waals surface area contributed by atoms with E-state index in [9.17, 15) is 4.79 Å². The maximum atomic E-state index is 11.5. The van der Waals surface area contributed by atoms with Crippen molar-refractivity contribution in [3.05, 3.63) is 23.8 Å². The number of methoxy groups -OCH3 is 1. The molecule has 1 aromatic carbocycles. The lowest BCUT2D eigenvalue weighted by Crippen LogP contribution is -2.34. The third kappa shape index (κ3) is 2.25. The molecular formula is C12H16N2O3. The number of hydrogen-bond acceptors (Lipinski definition) is 4. The predicted molar refractivity (Wildman–Crippen MR) is 64.0 cm³/mol. The number of hydrogen-bond donors (Lipinski definition) is 2. The Kier molecular flexibility index (Phi) is 3.31. The molecule has 0 radical (unpaired) electrons. The third-order valence-electron chi connectivity index (χ3n) is 2.74. The molecule has 2 unspecified atom stereocenters. The lowest BCUT2D eigenvalue weighted by atomic mass is 10.1. The van der Waals surface area contributed by atoms with E-state index in [1.165, 1.54) is 0 Å². The summed E-state index contributed by atoms with van der Waals surface area (Å²) in [4.78, 5) is 11.5. The maximum Gasteiger partial charge on any atom is 0.265 e. The summed E-state index contributed by atoms with van der Waals surface area (Å²) in [5.74, 6) is 0.555. The van der Waals surface area contributed by atoms with Crippen molar-refractivity contribution in [1.82, 2.24) is 5.32 Å². The smallest absolute Gasteiger partial charge is 0.265 e. The molecule has 1 aromatic rings. The summed E-state index contributed by atoms with van der Waals surface area (Å²) in [5.41, 5.74) is 1.62. The molecule has 0 saturated carbocycles. The fraction of sp³-hybridized carbons (Fsp3) is 0.417. The maximum absolute atomic E-state index is 11.5. The summed E-state index contributed by atoms with van der Waals surface area (Å²) in [6.45, 7) is 1.72. The monoisotopic (exact) mass is 236 g/mol. The van der Waals surface area contributed by atoms with Gasteiger partial charge in [-0.1, -0.05) is 6.07 Å². The predicted octanol–water partition coefficient (Wildman–Crippen LogP) is 1.27. The van der Waals surface area contributed by atoms with Crippen molar-refractivity contribution in [2.24, 2.45) is 0 Å². The molecule has 5 nitrogen and oxygen atoms in total. The van der Waals surface area contributed by atoms with Gasteiger partial charge in [0.05, 0.1) is 5.69 Å². The molecule has 0 spiro atoms. The van der Waals surface area contributed by atoms with Gasteiger partial charge in [-0.25, -0.2) is 0 Å². The minimum Gasteiger partial charge on any atom is -0.479 e. The average molecular weight is 236 g/mol. The Morgan fingerprint density at radius 2 is 2.29 bits per heavy atom. The van der Waals surface area contributed by atoms with Crippen molar-refractivity contribution in [3.8, 4) is 5.75 Å². The van der Waals surface area contributed by atoms with Gasteiger partial charge in [0.2, 0.25) is 0 Å². The molecule has 17 heavy (non-hydrogen) atoms. The summed E-state index contributed by atoms with van der Waals surface area (Å²) in [6.07, 6.45) is -0.646. The lowest BCUT2D eigenvalue weighted by Gasteiger charge is -2.24. The van der Waals surface area contributed by atoms with Gasteiger partial charge in [-0.3, -0.25) is 10.1 Å². The fourth-order valence-corrected chi connectivity index (χ4v) is 1.81. The normalized spacial score (nSPS) is 20.2. The highest BCUT2D eigenvalue weighted by atomic mass is 16.5. The molecular weight excluding hydrogens is 220 g/mol. The molecule has 2 rings (SSSR count). The molecule has 0 fully saturated rings. The zero-order valence-corrected chi connectivity index (χ0v) is 10.1. The Bertz CT molecular complexity index is 430. The van der Waals surface area contributed by atoms with Crippen LogP contribution in [0, 0.1) is 0 Å². The van der Waals surface area contributed by atoms with E-state index in [2.05, 4.69) is 10.6 Å². The van der Waals surface area contributed by atoms with E-state index in [4.69, 9.17) is 9.47 Å². The van der Waals surface area contributed by atoms with Crippen LogP contribution in [-0.2, 0) is 9.53 Å². The summed E-state index contributed by atoms with van der Waals surface area (Å²) < 4.78 is 10.7. The summed E-state index contributed by atoms with van der Waals surface area (Å²) in [7, 11) is 3.43. The largest absolute Gasteiger partial charge is 0.479 e. The number of anilines is 1. The van der Waals surface area contributed by atoms with Crippen molar-refractivity contribution >= 4 is 11.6 Å². The highest BCUT2D eigenvalue weighted by Gasteiger charge is 2.24. The third-order valence-corrected chi connectivity index (χ3v) is 2.74. The Hall–Kier alpha value is -1.59. The van der Waals surface area contributed by atoms with Crippen LogP contribution in [0.15, 0.2) is 18.2 Å².